The summed E-state index contributed by atoms with van der Waals surface area (Å²) in [6, 6.07) is 15.7. The molecule has 0 saturated carbocycles. The molecule has 1 aliphatic heterocycles. The molecule has 0 spiro atoms. The Morgan fingerprint density at radius 3 is 2.58 bits per heavy atom. The van der Waals surface area contributed by atoms with E-state index < -0.39 is 6.10 Å². The van der Waals surface area contributed by atoms with Crippen LogP contribution in [-0.4, -0.2) is 35.5 Å². The first kappa shape index (κ1) is 16.6. The maximum absolute atomic E-state index is 13.1. The summed E-state index contributed by atoms with van der Waals surface area (Å²) in [7, 11) is 0. The van der Waals surface area contributed by atoms with Gasteiger partial charge in [-0.1, -0.05) is 42.5 Å². The average molecular weight is 328 g/mol. The number of carbonyl (C=O) groups excluding carboxylic acids is 1. The number of nitrogens with one attached hydrogen (secondary N) is 1. The monoisotopic (exact) mass is 328 g/mol. The van der Waals surface area contributed by atoms with E-state index in [0.29, 0.717) is 31.6 Å². The maximum Gasteiger partial charge on any atom is 0.221 e. The van der Waals surface area contributed by atoms with Gasteiger partial charge in [-0.15, -0.1) is 0 Å². The highest BCUT2D eigenvalue weighted by molar-refractivity contribution is 5.77. The van der Waals surface area contributed by atoms with Crippen LogP contribution in [0.15, 0.2) is 54.6 Å². The van der Waals surface area contributed by atoms with Gasteiger partial charge in [-0.25, -0.2) is 4.39 Å². The number of aliphatic hydroxyl groups is 1. The standard InChI is InChI=1S/C19H21FN2O2/c20-16-8-6-15(7-9-16)18(23)13-22-11-10-21-19(24)12-17(22)14-4-2-1-3-5-14/h1-9,17-18,23H,10-13H2,(H,21,24)/t17-,18+/m0/s1. The van der Waals surface area contributed by atoms with Crippen molar-refractivity contribution >= 4 is 5.91 Å². The number of halogens is 1. The summed E-state index contributed by atoms with van der Waals surface area (Å²) in [6.45, 7) is 1.60. The maximum atomic E-state index is 13.1. The molecule has 0 bridgehead atoms. The van der Waals surface area contributed by atoms with Crippen molar-refractivity contribution in [2.75, 3.05) is 19.6 Å². The average Bonchev–Trinajstić information content (AvgIpc) is 2.78. The SMILES string of the molecule is O=C1C[C@@H](c2ccccc2)N(C[C@@H](O)c2ccc(F)cc2)CCN1. The Bertz CT molecular complexity index is 676. The lowest BCUT2D eigenvalue weighted by Gasteiger charge is -2.31. The number of hydrogen-bond donors (Lipinski definition) is 2. The molecular formula is C19H21FN2O2. The Balaban J connectivity index is 1.79. The fraction of sp³-hybridized carbons (Fsp3) is 0.316. The molecule has 5 heteroatoms. The van der Waals surface area contributed by atoms with Gasteiger partial charge in [0.25, 0.3) is 0 Å². The Kier molecular flexibility index (Phi) is 5.23. The highest BCUT2D eigenvalue weighted by atomic mass is 19.1. The zero-order valence-electron chi connectivity index (χ0n) is 13.4. The lowest BCUT2D eigenvalue weighted by atomic mass is 10.0. The second-order valence-corrected chi connectivity index (χ2v) is 6.04. The topological polar surface area (TPSA) is 52.6 Å². The molecule has 3 rings (SSSR count). The minimum atomic E-state index is -0.731. The first-order valence-corrected chi connectivity index (χ1v) is 8.12. The van der Waals surface area contributed by atoms with E-state index in [0.717, 1.165) is 5.56 Å². The van der Waals surface area contributed by atoms with Crippen molar-refractivity contribution < 1.29 is 14.3 Å². The van der Waals surface area contributed by atoms with Crippen LogP contribution in [0.3, 0.4) is 0 Å². The van der Waals surface area contributed by atoms with Crippen LogP contribution < -0.4 is 5.32 Å². The van der Waals surface area contributed by atoms with Crippen molar-refractivity contribution in [3.8, 4) is 0 Å². The van der Waals surface area contributed by atoms with Crippen molar-refractivity contribution in [2.45, 2.75) is 18.6 Å². The fourth-order valence-corrected chi connectivity index (χ4v) is 3.11. The van der Waals surface area contributed by atoms with E-state index in [1.165, 1.54) is 12.1 Å². The van der Waals surface area contributed by atoms with Crippen LogP contribution in [0.4, 0.5) is 4.39 Å². The molecule has 4 nitrogen and oxygen atoms in total. The summed E-state index contributed by atoms with van der Waals surface area (Å²) in [5, 5.41) is 13.4. The van der Waals surface area contributed by atoms with E-state index in [1.807, 2.05) is 30.3 Å². The summed E-state index contributed by atoms with van der Waals surface area (Å²) in [5.74, 6) is -0.305. The number of hydrogen-bond acceptors (Lipinski definition) is 3. The number of rotatable bonds is 4. The van der Waals surface area contributed by atoms with Gasteiger partial charge in [0.15, 0.2) is 0 Å². The second-order valence-electron chi connectivity index (χ2n) is 6.04. The van der Waals surface area contributed by atoms with Gasteiger partial charge in [-0.3, -0.25) is 9.69 Å². The Morgan fingerprint density at radius 2 is 1.88 bits per heavy atom. The van der Waals surface area contributed by atoms with Crippen molar-refractivity contribution in [3.05, 3.63) is 71.5 Å². The van der Waals surface area contributed by atoms with Gasteiger partial charge >= 0.3 is 0 Å². The molecule has 0 unspecified atom stereocenters. The van der Waals surface area contributed by atoms with Crippen LogP contribution >= 0.6 is 0 Å². The Hall–Kier alpha value is -2.24. The van der Waals surface area contributed by atoms with Crippen LogP contribution in [0.2, 0.25) is 0 Å². The third-order valence-corrected chi connectivity index (χ3v) is 4.39. The smallest absolute Gasteiger partial charge is 0.221 e. The first-order valence-electron chi connectivity index (χ1n) is 8.12. The molecule has 2 aromatic carbocycles. The van der Waals surface area contributed by atoms with Gasteiger partial charge in [0.2, 0.25) is 5.91 Å². The highest BCUT2D eigenvalue weighted by Gasteiger charge is 2.27. The van der Waals surface area contributed by atoms with E-state index in [9.17, 15) is 14.3 Å². The normalized spacial score (nSPS) is 20.2. The molecule has 1 heterocycles. The zero-order chi connectivity index (χ0) is 16.9. The molecule has 2 atom stereocenters. The fourth-order valence-electron chi connectivity index (χ4n) is 3.11. The largest absolute Gasteiger partial charge is 0.387 e. The van der Waals surface area contributed by atoms with E-state index in [4.69, 9.17) is 0 Å². The van der Waals surface area contributed by atoms with Crippen molar-refractivity contribution in [2.24, 2.45) is 0 Å². The van der Waals surface area contributed by atoms with Gasteiger partial charge in [0, 0.05) is 32.1 Å². The highest BCUT2D eigenvalue weighted by Crippen LogP contribution is 2.28. The molecule has 126 valence electrons. The van der Waals surface area contributed by atoms with Gasteiger partial charge in [0.05, 0.1) is 6.10 Å². The Labute approximate surface area is 140 Å². The predicted octanol–water partition coefficient (Wildman–Crippen LogP) is 2.42. The van der Waals surface area contributed by atoms with Crippen LogP contribution in [0.25, 0.3) is 0 Å². The van der Waals surface area contributed by atoms with E-state index in [2.05, 4.69) is 10.2 Å². The molecular weight excluding hydrogens is 307 g/mol. The second kappa shape index (κ2) is 7.55. The number of carbonyl (C=O) groups is 1. The molecule has 0 aliphatic carbocycles. The van der Waals surface area contributed by atoms with Crippen LogP contribution in [-0.2, 0) is 4.79 Å². The molecule has 2 aromatic rings. The molecule has 1 aliphatic rings. The number of β-amino-alcohol motifs (C(OH)–C–C–N with tert-alkyl or cyclic N) is 1. The minimum Gasteiger partial charge on any atom is -0.387 e. The third-order valence-electron chi connectivity index (χ3n) is 4.39. The van der Waals surface area contributed by atoms with Crippen molar-refractivity contribution in [1.82, 2.24) is 10.2 Å². The van der Waals surface area contributed by atoms with Crippen LogP contribution in [0.5, 0.6) is 0 Å². The summed E-state index contributed by atoms with van der Waals surface area (Å²) >= 11 is 0. The summed E-state index contributed by atoms with van der Waals surface area (Å²) in [6.07, 6.45) is -0.370. The Morgan fingerprint density at radius 1 is 1.17 bits per heavy atom. The molecule has 1 saturated heterocycles. The predicted molar refractivity (Wildman–Crippen MR) is 89.7 cm³/mol. The first-order chi connectivity index (χ1) is 11.6. The number of amides is 1. The molecule has 1 fully saturated rings. The van der Waals surface area contributed by atoms with E-state index in [-0.39, 0.29) is 17.8 Å². The molecule has 0 aromatic heterocycles. The minimum absolute atomic E-state index is 0.0163. The lowest BCUT2D eigenvalue weighted by molar-refractivity contribution is -0.121. The summed E-state index contributed by atoms with van der Waals surface area (Å²) < 4.78 is 13.1. The van der Waals surface area contributed by atoms with Gasteiger partial charge in [0.1, 0.15) is 5.82 Å². The molecule has 24 heavy (non-hydrogen) atoms. The third kappa shape index (κ3) is 3.99. The molecule has 0 radical (unpaired) electrons. The van der Waals surface area contributed by atoms with E-state index >= 15 is 0 Å². The van der Waals surface area contributed by atoms with Crippen molar-refractivity contribution in [3.63, 3.8) is 0 Å². The quantitative estimate of drug-likeness (QED) is 0.906. The number of aliphatic hydroxyl groups excluding tert-OH is 1. The van der Waals surface area contributed by atoms with Gasteiger partial charge in [-0.2, -0.15) is 0 Å². The van der Waals surface area contributed by atoms with Crippen molar-refractivity contribution in [1.29, 1.82) is 0 Å². The van der Waals surface area contributed by atoms with Crippen LogP contribution in [0.1, 0.15) is 29.7 Å². The van der Waals surface area contributed by atoms with E-state index in [1.54, 1.807) is 12.1 Å². The zero-order valence-corrected chi connectivity index (χ0v) is 13.4. The summed E-state index contributed by atoms with van der Waals surface area (Å²) in [5.41, 5.74) is 1.73. The summed E-state index contributed by atoms with van der Waals surface area (Å²) in [4.78, 5) is 14.1. The van der Waals surface area contributed by atoms with Gasteiger partial charge < -0.3 is 10.4 Å². The van der Waals surface area contributed by atoms with Crippen LogP contribution in [0, 0.1) is 5.82 Å². The van der Waals surface area contributed by atoms with Gasteiger partial charge in [-0.05, 0) is 23.3 Å². The number of nitrogens with zero attached hydrogens (tertiary/aromatic N) is 1. The number of benzene rings is 2. The molecule has 2 N–H and O–H groups in total. The molecule has 1 amide bonds. The lowest BCUT2D eigenvalue weighted by Crippen LogP contribution is -2.34.